The van der Waals surface area contributed by atoms with Crippen molar-refractivity contribution in [2.45, 2.75) is 43.4 Å². The second-order valence-electron chi connectivity index (χ2n) is 9.29. The summed E-state index contributed by atoms with van der Waals surface area (Å²) in [4.78, 5) is 24.2. The van der Waals surface area contributed by atoms with Gasteiger partial charge in [-0.3, -0.25) is 9.79 Å². The van der Waals surface area contributed by atoms with Crippen molar-refractivity contribution in [3.63, 3.8) is 0 Å². The molecule has 2 aliphatic heterocycles. The zero-order chi connectivity index (χ0) is 24.1. The molecule has 1 aromatic carbocycles. The summed E-state index contributed by atoms with van der Waals surface area (Å²) in [6.45, 7) is 5.25. The minimum Gasteiger partial charge on any atom is -0.378 e. The molecule has 5 rings (SSSR count). The van der Waals surface area contributed by atoms with Gasteiger partial charge in [-0.05, 0) is 68.9 Å². The molecule has 1 amide bonds. The summed E-state index contributed by atoms with van der Waals surface area (Å²) in [5.74, 6) is 5.65. The van der Waals surface area contributed by atoms with E-state index in [0.717, 1.165) is 31.5 Å². The van der Waals surface area contributed by atoms with E-state index < -0.39 is 16.1 Å². The highest BCUT2D eigenvalue weighted by atomic mass is 32.2. The minimum atomic E-state index is -0.949. The summed E-state index contributed by atoms with van der Waals surface area (Å²) < 4.78 is 14.5. The van der Waals surface area contributed by atoms with Gasteiger partial charge in [0.05, 0.1) is 11.1 Å². The Kier molecular flexibility index (Phi) is 5.37. The molecule has 172 valence electrons. The number of nitrogens with zero attached hydrogens (tertiary/aromatic N) is 4. The standard InChI is InChI=1S/C26H24FN5OS/c1-16-11-18(14-28)15-30-21(16)8-6-17-5-7-20(27)19(12-17)25(2)22-13-26(22,34-24(29)31-25)23(33)32-9-3-4-10-32/h5,7,11-12,15,22H,3-4,9-10,13H2,1-2H3,(H2,29,31)/t22-,25+,26-/m0/s1. The number of nitrogens with two attached hydrogens (primary N) is 1. The van der Waals surface area contributed by atoms with Crippen molar-refractivity contribution in [3.05, 3.63) is 64.2 Å². The molecular formula is C26H24FN5OS. The molecule has 8 heteroatoms. The predicted octanol–water partition coefficient (Wildman–Crippen LogP) is 3.46. The highest BCUT2D eigenvalue weighted by Gasteiger charge is 2.71. The molecule has 34 heavy (non-hydrogen) atoms. The van der Waals surface area contributed by atoms with Crippen LogP contribution in [-0.4, -0.2) is 38.8 Å². The Labute approximate surface area is 202 Å². The van der Waals surface area contributed by atoms with Gasteiger partial charge in [0, 0.05) is 36.3 Å². The number of rotatable bonds is 2. The second kappa shape index (κ2) is 8.14. The maximum atomic E-state index is 15.2. The van der Waals surface area contributed by atoms with Crippen LogP contribution in [0.2, 0.25) is 0 Å². The van der Waals surface area contributed by atoms with Crippen molar-refractivity contribution in [1.82, 2.24) is 9.88 Å². The topological polar surface area (TPSA) is 95.4 Å². The lowest BCUT2D eigenvalue weighted by molar-refractivity contribution is -0.130. The van der Waals surface area contributed by atoms with Crippen LogP contribution in [-0.2, 0) is 10.3 Å². The first-order chi connectivity index (χ1) is 16.3. The van der Waals surface area contributed by atoms with Crippen molar-refractivity contribution < 1.29 is 9.18 Å². The van der Waals surface area contributed by atoms with E-state index in [1.165, 1.54) is 24.0 Å². The molecule has 6 nitrogen and oxygen atoms in total. The van der Waals surface area contributed by atoms with E-state index in [9.17, 15) is 4.79 Å². The molecule has 2 N–H and O–H groups in total. The minimum absolute atomic E-state index is 0.0998. The maximum absolute atomic E-state index is 15.2. The number of likely N-dealkylation sites (tertiary alicyclic amines) is 1. The predicted molar refractivity (Wildman–Crippen MR) is 129 cm³/mol. The Hall–Kier alpha value is -3.36. The summed E-state index contributed by atoms with van der Waals surface area (Å²) in [6.07, 6.45) is 4.13. The number of benzene rings is 1. The van der Waals surface area contributed by atoms with Crippen LogP contribution in [0.1, 0.15) is 54.1 Å². The van der Waals surface area contributed by atoms with Crippen LogP contribution in [0, 0.1) is 41.8 Å². The smallest absolute Gasteiger partial charge is 0.239 e. The third kappa shape index (κ3) is 3.63. The highest BCUT2D eigenvalue weighted by molar-refractivity contribution is 8.15. The quantitative estimate of drug-likeness (QED) is 0.674. The number of nitriles is 1. The number of carbonyl (C=O) groups is 1. The van der Waals surface area contributed by atoms with Crippen LogP contribution in [0.4, 0.5) is 4.39 Å². The number of halogens is 1. The fourth-order valence-corrected chi connectivity index (χ4v) is 6.58. The summed E-state index contributed by atoms with van der Waals surface area (Å²) >= 11 is 1.33. The van der Waals surface area contributed by atoms with E-state index in [2.05, 4.69) is 27.9 Å². The van der Waals surface area contributed by atoms with Crippen molar-refractivity contribution in [2.75, 3.05) is 13.1 Å². The molecule has 2 aromatic rings. The molecule has 3 heterocycles. The van der Waals surface area contributed by atoms with Gasteiger partial charge < -0.3 is 10.6 Å². The van der Waals surface area contributed by atoms with Crippen LogP contribution in [0.3, 0.4) is 0 Å². The first-order valence-electron chi connectivity index (χ1n) is 11.3. The van der Waals surface area contributed by atoms with E-state index in [1.54, 1.807) is 18.2 Å². The van der Waals surface area contributed by atoms with E-state index in [4.69, 9.17) is 11.0 Å². The Morgan fingerprint density at radius 1 is 1.26 bits per heavy atom. The summed E-state index contributed by atoms with van der Waals surface area (Å²) in [5.41, 5.74) is 8.11. The third-order valence-corrected chi connectivity index (χ3v) is 8.31. The van der Waals surface area contributed by atoms with Gasteiger partial charge >= 0.3 is 0 Å². The lowest BCUT2D eigenvalue weighted by Gasteiger charge is -2.35. The van der Waals surface area contributed by atoms with Crippen LogP contribution in [0.25, 0.3) is 0 Å². The van der Waals surface area contributed by atoms with E-state index >= 15 is 4.39 Å². The van der Waals surface area contributed by atoms with Crippen LogP contribution in [0.5, 0.6) is 0 Å². The summed E-state index contributed by atoms with van der Waals surface area (Å²) in [5, 5.41) is 9.33. The van der Waals surface area contributed by atoms with Gasteiger partial charge in [0.1, 0.15) is 22.3 Å². The fourth-order valence-electron chi connectivity index (χ4n) is 5.13. The van der Waals surface area contributed by atoms with Gasteiger partial charge in [-0.15, -0.1) is 0 Å². The molecule has 0 spiro atoms. The Balaban J connectivity index is 1.49. The molecule has 3 aliphatic rings. The number of amides is 1. The first-order valence-corrected chi connectivity index (χ1v) is 12.1. The lowest BCUT2D eigenvalue weighted by Crippen LogP contribution is -2.45. The average Bonchev–Trinajstić information content (AvgIpc) is 3.32. The molecule has 3 atom stereocenters. The molecule has 0 bridgehead atoms. The second-order valence-corrected chi connectivity index (χ2v) is 10.6. The maximum Gasteiger partial charge on any atom is 0.239 e. The molecule has 1 aliphatic carbocycles. The molecule has 1 saturated carbocycles. The molecule has 2 fully saturated rings. The van der Waals surface area contributed by atoms with Gasteiger partial charge in [0.25, 0.3) is 0 Å². The van der Waals surface area contributed by atoms with Crippen molar-refractivity contribution in [2.24, 2.45) is 16.6 Å². The number of aryl methyl sites for hydroxylation is 1. The third-order valence-electron chi connectivity index (χ3n) is 7.02. The SMILES string of the molecule is Cc1cc(C#N)cnc1C#Cc1ccc(F)c([C@@]2(C)N=C(N)S[C@@]3(C(=O)N4CCCC4)C[C@H]32)c1. The number of carbonyl (C=O) groups excluding carboxylic acids is 1. The molecule has 1 aromatic heterocycles. The highest BCUT2D eigenvalue weighted by Crippen LogP contribution is 2.66. The van der Waals surface area contributed by atoms with Crippen LogP contribution in [0.15, 0.2) is 35.5 Å². The van der Waals surface area contributed by atoms with Crippen molar-refractivity contribution in [3.8, 4) is 17.9 Å². The van der Waals surface area contributed by atoms with Gasteiger partial charge in [0.15, 0.2) is 5.17 Å². The first kappa shape index (κ1) is 22.4. The van der Waals surface area contributed by atoms with E-state index in [-0.39, 0.29) is 11.8 Å². The average molecular weight is 474 g/mol. The Morgan fingerprint density at radius 3 is 2.74 bits per heavy atom. The number of aromatic nitrogens is 1. The number of thioether (sulfide) groups is 1. The van der Waals surface area contributed by atoms with Gasteiger partial charge in [-0.2, -0.15) is 5.26 Å². The molecule has 0 radical (unpaired) electrons. The lowest BCUT2D eigenvalue weighted by atomic mass is 9.84. The zero-order valence-corrected chi connectivity index (χ0v) is 19.9. The van der Waals surface area contributed by atoms with Crippen LogP contribution >= 0.6 is 11.8 Å². The number of hydrogen-bond acceptors (Lipinski definition) is 6. The number of hydrogen-bond donors (Lipinski definition) is 1. The van der Waals surface area contributed by atoms with Gasteiger partial charge in [-0.1, -0.05) is 17.7 Å². The fraction of sp³-hybridized carbons (Fsp3) is 0.385. The summed E-state index contributed by atoms with van der Waals surface area (Å²) in [7, 11) is 0. The number of fused-ring (bicyclic) bond motifs is 1. The number of amidine groups is 1. The number of pyridine rings is 1. The number of aliphatic imine (C=N–C) groups is 1. The van der Waals surface area contributed by atoms with Crippen molar-refractivity contribution >= 4 is 22.8 Å². The normalized spacial score (nSPS) is 27.2. The van der Waals surface area contributed by atoms with Gasteiger partial charge in [0.2, 0.25) is 5.91 Å². The Morgan fingerprint density at radius 2 is 2.03 bits per heavy atom. The molecule has 1 saturated heterocycles. The largest absolute Gasteiger partial charge is 0.378 e. The van der Waals surface area contributed by atoms with Gasteiger partial charge in [-0.25, -0.2) is 9.37 Å². The monoisotopic (exact) mass is 473 g/mol. The summed E-state index contributed by atoms with van der Waals surface area (Å²) in [6, 6.07) is 8.51. The zero-order valence-electron chi connectivity index (χ0n) is 19.1. The molecule has 0 unspecified atom stereocenters. The molecular weight excluding hydrogens is 449 g/mol. The van der Waals surface area contributed by atoms with Crippen LogP contribution < -0.4 is 5.73 Å². The van der Waals surface area contributed by atoms with E-state index in [0.29, 0.717) is 34.0 Å². The van der Waals surface area contributed by atoms with Crippen molar-refractivity contribution in [1.29, 1.82) is 5.26 Å². The Bertz CT molecular complexity index is 1330. The van der Waals surface area contributed by atoms with E-state index in [1.807, 2.05) is 18.7 Å².